The standard InChI is InChI=1S/C11H8F2INO9S/c1-5(14)9(16)23-6-2-3-8(7(4-6)15(18)19)24-10(17)11(12,13)25(20,21)22/h2-5H,1H3,(H,20,21,22). The van der Waals surface area contributed by atoms with Crippen molar-refractivity contribution in [2.75, 3.05) is 0 Å². The van der Waals surface area contributed by atoms with Gasteiger partial charge in [0, 0.05) is 0 Å². The first kappa shape index (κ1) is 21.1. The van der Waals surface area contributed by atoms with Crippen LogP contribution >= 0.6 is 22.6 Å². The summed E-state index contributed by atoms with van der Waals surface area (Å²) in [5, 5.41) is 5.61. The van der Waals surface area contributed by atoms with E-state index in [1.54, 1.807) is 22.6 Å². The summed E-state index contributed by atoms with van der Waals surface area (Å²) in [6.45, 7) is 1.48. The van der Waals surface area contributed by atoms with Crippen molar-refractivity contribution in [3.8, 4) is 11.5 Å². The molecule has 0 aliphatic heterocycles. The van der Waals surface area contributed by atoms with Crippen LogP contribution in [0.25, 0.3) is 0 Å². The fourth-order valence-corrected chi connectivity index (χ4v) is 1.63. The summed E-state index contributed by atoms with van der Waals surface area (Å²) >= 11 is 1.71. The summed E-state index contributed by atoms with van der Waals surface area (Å²) in [6.07, 6.45) is 0. The first-order valence-corrected chi connectivity index (χ1v) is 8.67. The number of hydrogen-bond donors (Lipinski definition) is 1. The van der Waals surface area contributed by atoms with Gasteiger partial charge in [-0.3, -0.25) is 19.5 Å². The highest BCUT2D eigenvalue weighted by molar-refractivity contribution is 14.1. The molecule has 1 aromatic carbocycles. The first-order valence-electron chi connectivity index (χ1n) is 5.98. The molecular formula is C11H8F2INO9S. The monoisotopic (exact) mass is 495 g/mol. The smallest absolute Gasteiger partial charge is 0.425 e. The van der Waals surface area contributed by atoms with Crippen molar-refractivity contribution >= 4 is 50.3 Å². The molecule has 1 aromatic rings. The van der Waals surface area contributed by atoms with E-state index in [1.807, 2.05) is 0 Å². The number of esters is 2. The minimum atomic E-state index is -6.14. The van der Waals surface area contributed by atoms with Gasteiger partial charge in [-0.1, -0.05) is 22.6 Å². The fourth-order valence-electron chi connectivity index (χ4n) is 1.25. The first-order chi connectivity index (χ1) is 11.3. The zero-order valence-corrected chi connectivity index (χ0v) is 15.0. The minimum Gasteiger partial charge on any atom is -0.425 e. The number of nitrogens with zero attached hydrogens (tertiary/aromatic N) is 1. The van der Waals surface area contributed by atoms with E-state index in [9.17, 15) is 36.9 Å². The molecular weight excluding hydrogens is 487 g/mol. The molecule has 0 aliphatic carbocycles. The van der Waals surface area contributed by atoms with Gasteiger partial charge in [-0.25, -0.2) is 4.79 Å². The predicted octanol–water partition coefficient (Wildman–Crippen LogP) is 1.71. The summed E-state index contributed by atoms with van der Waals surface area (Å²) < 4.78 is 63.6. The van der Waals surface area contributed by atoms with Crippen LogP contribution in [0.1, 0.15) is 6.92 Å². The molecule has 0 heterocycles. The van der Waals surface area contributed by atoms with Crippen molar-refractivity contribution < 1.29 is 45.7 Å². The van der Waals surface area contributed by atoms with Crippen LogP contribution in [0.5, 0.6) is 11.5 Å². The summed E-state index contributed by atoms with van der Waals surface area (Å²) in [7, 11) is -6.14. The maximum Gasteiger partial charge on any atom is 0.466 e. The predicted molar refractivity (Wildman–Crippen MR) is 84.3 cm³/mol. The highest BCUT2D eigenvalue weighted by Gasteiger charge is 2.54. The van der Waals surface area contributed by atoms with Crippen LogP contribution in [0, 0.1) is 10.1 Å². The molecule has 25 heavy (non-hydrogen) atoms. The van der Waals surface area contributed by atoms with Gasteiger partial charge in [0.25, 0.3) is 0 Å². The number of carbonyl (C=O) groups is 2. The lowest BCUT2D eigenvalue weighted by molar-refractivity contribution is -0.385. The van der Waals surface area contributed by atoms with Crippen LogP contribution < -0.4 is 9.47 Å². The second-order valence-electron chi connectivity index (χ2n) is 4.31. The summed E-state index contributed by atoms with van der Waals surface area (Å²) in [4.78, 5) is 32.4. The van der Waals surface area contributed by atoms with E-state index >= 15 is 0 Å². The maximum absolute atomic E-state index is 13.1. The lowest BCUT2D eigenvalue weighted by atomic mass is 10.3. The quantitative estimate of drug-likeness (QED) is 0.118. The van der Waals surface area contributed by atoms with E-state index in [4.69, 9.17) is 9.29 Å². The second kappa shape index (κ2) is 7.52. The summed E-state index contributed by atoms with van der Waals surface area (Å²) in [5.74, 6) is -4.87. The van der Waals surface area contributed by atoms with E-state index in [0.717, 1.165) is 6.07 Å². The Bertz CT molecular complexity index is 825. The van der Waals surface area contributed by atoms with Crippen LogP contribution in [0.4, 0.5) is 14.5 Å². The maximum atomic E-state index is 13.1. The molecule has 0 aromatic heterocycles. The number of ether oxygens (including phenoxy) is 2. The Morgan fingerprint density at radius 3 is 2.36 bits per heavy atom. The number of benzene rings is 1. The molecule has 0 saturated heterocycles. The van der Waals surface area contributed by atoms with Crippen LogP contribution in [-0.4, -0.2) is 39.0 Å². The molecule has 1 N–H and O–H groups in total. The topological polar surface area (TPSA) is 150 Å². The Labute approximate surface area is 152 Å². The average Bonchev–Trinajstić information content (AvgIpc) is 2.46. The Morgan fingerprint density at radius 1 is 1.36 bits per heavy atom. The van der Waals surface area contributed by atoms with Crippen molar-refractivity contribution in [1.29, 1.82) is 0 Å². The van der Waals surface area contributed by atoms with Gasteiger partial charge in [0.05, 0.1) is 11.0 Å². The number of halogens is 3. The van der Waals surface area contributed by atoms with Gasteiger partial charge in [0.2, 0.25) is 5.75 Å². The van der Waals surface area contributed by atoms with Crippen LogP contribution in [0.3, 0.4) is 0 Å². The summed E-state index contributed by atoms with van der Waals surface area (Å²) in [5.41, 5.74) is -1.05. The van der Waals surface area contributed by atoms with E-state index in [-0.39, 0.29) is 5.75 Å². The number of hydrogen-bond acceptors (Lipinski definition) is 8. The molecule has 10 nitrogen and oxygen atoms in total. The van der Waals surface area contributed by atoms with Crippen molar-refractivity contribution in [3.05, 3.63) is 28.3 Å². The molecule has 1 unspecified atom stereocenters. The Balaban J connectivity index is 3.19. The van der Waals surface area contributed by atoms with Crippen molar-refractivity contribution in [1.82, 2.24) is 0 Å². The molecule has 14 heteroatoms. The van der Waals surface area contributed by atoms with Crippen molar-refractivity contribution in [2.45, 2.75) is 16.1 Å². The number of nitro benzene ring substituents is 1. The zero-order chi connectivity index (χ0) is 19.6. The van der Waals surface area contributed by atoms with Crippen LogP contribution in [0.15, 0.2) is 18.2 Å². The average molecular weight is 495 g/mol. The van der Waals surface area contributed by atoms with Crippen LogP contribution in [0.2, 0.25) is 0 Å². The molecule has 0 saturated carbocycles. The van der Waals surface area contributed by atoms with E-state index < -0.39 is 47.6 Å². The molecule has 0 aliphatic rings. The minimum absolute atomic E-state index is 0.332. The molecule has 0 amide bonds. The largest absolute Gasteiger partial charge is 0.466 e. The zero-order valence-electron chi connectivity index (χ0n) is 12.0. The lowest BCUT2D eigenvalue weighted by Gasteiger charge is -2.12. The molecule has 0 bridgehead atoms. The molecule has 0 radical (unpaired) electrons. The molecule has 0 fully saturated rings. The van der Waals surface area contributed by atoms with Crippen LogP contribution in [-0.2, 0) is 19.7 Å². The van der Waals surface area contributed by atoms with Gasteiger partial charge in [-0.15, -0.1) is 0 Å². The lowest BCUT2D eigenvalue weighted by Crippen LogP contribution is -2.40. The number of nitro groups is 1. The van der Waals surface area contributed by atoms with Gasteiger partial charge in [0.15, 0.2) is 0 Å². The second-order valence-corrected chi connectivity index (χ2v) is 7.64. The van der Waals surface area contributed by atoms with E-state index in [1.165, 1.54) is 6.92 Å². The van der Waals surface area contributed by atoms with E-state index in [0.29, 0.717) is 12.1 Å². The SMILES string of the molecule is CC(I)C(=O)Oc1ccc(OC(=O)C(F)(F)S(=O)(=O)O)c([N+](=O)[O-])c1. The van der Waals surface area contributed by atoms with Gasteiger partial charge in [-0.05, 0) is 19.1 Å². The highest BCUT2D eigenvalue weighted by atomic mass is 127. The third-order valence-electron chi connectivity index (χ3n) is 2.43. The van der Waals surface area contributed by atoms with E-state index in [2.05, 4.69) is 4.74 Å². The number of rotatable bonds is 6. The highest BCUT2D eigenvalue weighted by Crippen LogP contribution is 2.33. The van der Waals surface area contributed by atoms with Gasteiger partial charge < -0.3 is 9.47 Å². The van der Waals surface area contributed by atoms with Gasteiger partial charge in [-0.2, -0.15) is 17.2 Å². The van der Waals surface area contributed by atoms with Crippen molar-refractivity contribution in [2.24, 2.45) is 0 Å². The molecule has 1 rings (SSSR count). The molecule has 0 spiro atoms. The number of carbonyl (C=O) groups excluding carboxylic acids is 2. The fraction of sp³-hybridized carbons (Fsp3) is 0.273. The Hall–Kier alpha value is -1.94. The summed E-state index contributed by atoms with van der Waals surface area (Å²) in [6, 6.07) is 2.17. The third kappa shape index (κ3) is 5.02. The van der Waals surface area contributed by atoms with Gasteiger partial charge in [0.1, 0.15) is 9.67 Å². The van der Waals surface area contributed by atoms with Gasteiger partial charge >= 0.3 is 33.0 Å². The normalized spacial score (nSPS) is 13.0. The number of alkyl halides is 3. The Morgan fingerprint density at radius 2 is 1.92 bits per heavy atom. The molecule has 138 valence electrons. The third-order valence-corrected chi connectivity index (χ3v) is 3.76. The molecule has 1 atom stereocenters. The van der Waals surface area contributed by atoms with Crippen molar-refractivity contribution in [3.63, 3.8) is 0 Å². The Kier molecular flexibility index (Phi) is 6.35.